The number of aromatic nitrogens is 1. The summed E-state index contributed by atoms with van der Waals surface area (Å²) in [4.78, 5) is 34.9. The van der Waals surface area contributed by atoms with Gasteiger partial charge in [0.05, 0.1) is 26.6 Å². The lowest BCUT2D eigenvalue weighted by Gasteiger charge is -2.18. The van der Waals surface area contributed by atoms with Crippen LogP contribution in [0, 0.1) is 6.92 Å². The zero-order valence-electron chi connectivity index (χ0n) is 21.9. The first-order chi connectivity index (χ1) is 19.8. The van der Waals surface area contributed by atoms with Crippen molar-refractivity contribution in [3.8, 4) is 11.5 Å². The molecule has 0 fully saturated rings. The minimum absolute atomic E-state index is 0.0687. The Morgan fingerprint density at radius 3 is 2.07 bits per heavy atom. The summed E-state index contributed by atoms with van der Waals surface area (Å²) in [5.74, 6) is 0.149. The van der Waals surface area contributed by atoms with Gasteiger partial charge in [0.15, 0.2) is 0 Å². The summed E-state index contributed by atoms with van der Waals surface area (Å²) in [6.07, 6.45) is 1.84. The van der Waals surface area contributed by atoms with E-state index in [4.69, 9.17) is 23.2 Å². The second-order valence-electron chi connectivity index (χ2n) is 10.6. The molecule has 0 bridgehead atoms. The first kappa shape index (κ1) is 26.2. The molecule has 41 heavy (non-hydrogen) atoms. The van der Waals surface area contributed by atoms with Crippen LogP contribution in [0.15, 0.2) is 54.7 Å². The molecule has 4 heterocycles. The Balaban J connectivity index is 1.23. The fraction of sp³-hybridized carbons (Fsp3) is 0.226. The fourth-order valence-electron chi connectivity index (χ4n) is 6.42. The maximum atomic E-state index is 13.8. The van der Waals surface area contributed by atoms with Gasteiger partial charge in [-0.1, -0.05) is 24.3 Å². The smallest absolute Gasteiger partial charge is 0.268 e. The fourth-order valence-corrected chi connectivity index (χ4v) is 7.83. The van der Waals surface area contributed by atoms with E-state index in [9.17, 15) is 19.8 Å². The third kappa shape index (κ3) is 3.85. The second kappa shape index (κ2) is 9.69. The Morgan fingerprint density at radius 2 is 1.44 bits per heavy atom. The average molecular weight is 607 g/mol. The number of carbonyl (C=O) groups excluding carboxylic acids is 2. The number of anilines is 2. The summed E-state index contributed by atoms with van der Waals surface area (Å²) < 4.78 is 0. The maximum absolute atomic E-state index is 13.8. The predicted octanol–water partition coefficient (Wildman–Crippen LogP) is 7.07. The van der Waals surface area contributed by atoms with E-state index in [0.717, 1.165) is 44.2 Å². The van der Waals surface area contributed by atoms with E-state index in [2.05, 4.69) is 4.98 Å². The van der Waals surface area contributed by atoms with Crippen molar-refractivity contribution in [1.82, 2.24) is 4.98 Å². The van der Waals surface area contributed by atoms with Gasteiger partial charge in [-0.25, -0.2) is 0 Å². The highest BCUT2D eigenvalue weighted by molar-refractivity contribution is 7.16. The Bertz CT molecular complexity index is 1900. The normalized spacial score (nSPS) is 17.9. The van der Waals surface area contributed by atoms with Crippen LogP contribution >= 0.6 is 34.5 Å². The number of alkyl halides is 2. The quantitative estimate of drug-likeness (QED) is 0.191. The predicted molar refractivity (Wildman–Crippen MR) is 165 cm³/mol. The summed E-state index contributed by atoms with van der Waals surface area (Å²) >= 11 is 13.8. The van der Waals surface area contributed by atoms with E-state index < -0.39 is 0 Å². The van der Waals surface area contributed by atoms with Gasteiger partial charge in [-0.15, -0.1) is 34.5 Å². The number of amides is 2. The highest BCUT2D eigenvalue weighted by Gasteiger charge is 2.38. The molecule has 3 N–H and O–H groups in total. The van der Waals surface area contributed by atoms with E-state index in [-0.39, 0.29) is 35.1 Å². The molecule has 208 valence electrons. The third-order valence-corrected chi connectivity index (χ3v) is 10.1. The largest absolute Gasteiger partial charge is 0.507 e. The molecule has 2 unspecified atom stereocenters. The lowest BCUT2D eigenvalue weighted by molar-refractivity contribution is 0.0986. The standard InChI is InChI=1S/C31H25Cl2N3O4S/c1-15-12-34-29-23(38)9-21-28(26(15)29)17(11-33)14-36(21)31(40)25-7-6-24(41-25)30(39)35-13-16(10-32)27-19-5-3-2-4-18(19)22(37)8-20(27)35/h2-9,12,16-17,34,37-38H,10-11,13-14H2,1H3. The Morgan fingerprint density at radius 1 is 0.878 bits per heavy atom. The number of nitrogens with zero attached hydrogens (tertiary/aromatic N) is 2. The number of phenols is 2. The van der Waals surface area contributed by atoms with E-state index in [1.165, 1.54) is 0 Å². The van der Waals surface area contributed by atoms with Crippen molar-refractivity contribution in [2.45, 2.75) is 18.8 Å². The third-order valence-electron chi connectivity index (χ3n) is 8.29. The lowest BCUT2D eigenvalue weighted by Crippen LogP contribution is -2.30. The number of halogens is 2. The zero-order valence-corrected chi connectivity index (χ0v) is 24.3. The molecule has 3 aromatic carbocycles. The molecule has 0 aliphatic carbocycles. The van der Waals surface area contributed by atoms with Crippen molar-refractivity contribution in [1.29, 1.82) is 0 Å². The molecule has 2 aliphatic rings. The van der Waals surface area contributed by atoms with Crippen LogP contribution in [0.5, 0.6) is 11.5 Å². The molecule has 5 aromatic rings. The summed E-state index contributed by atoms with van der Waals surface area (Å²) in [5.41, 5.74) is 4.77. The number of fused-ring (bicyclic) bond motifs is 6. The van der Waals surface area contributed by atoms with Crippen LogP contribution in [0.1, 0.15) is 47.9 Å². The minimum Gasteiger partial charge on any atom is -0.507 e. The molecule has 0 radical (unpaired) electrons. The number of hydrogen-bond donors (Lipinski definition) is 3. The average Bonchev–Trinajstić information content (AvgIpc) is 3.76. The summed E-state index contributed by atoms with van der Waals surface area (Å²) in [7, 11) is 0. The van der Waals surface area contributed by atoms with Crippen LogP contribution < -0.4 is 9.80 Å². The number of carbonyl (C=O) groups is 2. The number of thiophene rings is 1. The first-order valence-corrected chi connectivity index (χ1v) is 15.1. The molecule has 0 spiro atoms. The summed E-state index contributed by atoms with van der Waals surface area (Å²) in [5, 5.41) is 23.9. The van der Waals surface area contributed by atoms with Crippen LogP contribution in [-0.4, -0.2) is 51.9 Å². The molecule has 7 rings (SSSR count). The van der Waals surface area contributed by atoms with Gasteiger partial charge in [-0.05, 0) is 41.1 Å². The lowest BCUT2D eigenvalue weighted by atomic mass is 9.95. The van der Waals surface area contributed by atoms with Gasteiger partial charge >= 0.3 is 0 Å². The van der Waals surface area contributed by atoms with Crippen molar-refractivity contribution < 1.29 is 19.8 Å². The molecule has 7 nitrogen and oxygen atoms in total. The number of aryl methyl sites for hydroxylation is 1. The zero-order chi connectivity index (χ0) is 28.6. The van der Waals surface area contributed by atoms with E-state index >= 15 is 0 Å². The molecular formula is C31H25Cl2N3O4S. The highest BCUT2D eigenvalue weighted by Crippen LogP contribution is 2.48. The van der Waals surface area contributed by atoms with Gasteiger partial charge in [0.2, 0.25) is 0 Å². The van der Waals surface area contributed by atoms with Gasteiger partial charge in [0.1, 0.15) is 11.5 Å². The summed E-state index contributed by atoms with van der Waals surface area (Å²) in [6, 6.07) is 14.1. The number of aromatic hydroxyl groups is 2. The Hall–Kier alpha value is -3.72. The molecule has 10 heteroatoms. The van der Waals surface area contributed by atoms with Gasteiger partial charge in [-0.2, -0.15) is 0 Å². The number of H-pyrrole nitrogens is 1. The Labute approximate surface area is 249 Å². The van der Waals surface area contributed by atoms with Crippen LogP contribution in [-0.2, 0) is 0 Å². The van der Waals surface area contributed by atoms with Crippen molar-refractivity contribution in [3.05, 3.63) is 81.2 Å². The number of nitrogens with one attached hydrogen (secondary N) is 1. The summed E-state index contributed by atoms with van der Waals surface area (Å²) in [6.45, 7) is 2.72. The van der Waals surface area contributed by atoms with Crippen LogP contribution in [0.3, 0.4) is 0 Å². The number of benzene rings is 3. The minimum atomic E-state index is -0.251. The van der Waals surface area contributed by atoms with Crippen LogP contribution in [0.2, 0.25) is 0 Å². The maximum Gasteiger partial charge on any atom is 0.268 e. The topological polar surface area (TPSA) is 96.9 Å². The number of phenolic OH excluding ortho intramolecular Hbond substituents is 2. The van der Waals surface area contributed by atoms with Gasteiger partial charge in [-0.3, -0.25) is 9.59 Å². The Kier molecular flexibility index (Phi) is 6.19. The molecule has 2 amide bonds. The monoisotopic (exact) mass is 605 g/mol. The van der Waals surface area contributed by atoms with Crippen molar-refractivity contribution in [2.75, 3.05) is 34.6 Å². The van der Waals surface area contributed by atoms with Crippen molar-refractivity contribution in [3.63, 3.8) is 0 Å². The van der Waals surface area contributed by atoms with Gasteiger partial charge in [0, 0.05) is 65.8 Å². The van der Waals surface area contributed by atoms with E-state index in [1.807, 2.05) is 37.4 Å². The van der Waals surface area contributed by atoms with E-state index in [1.54, 1.807) is 34.1 Å². The highest BCUT2D eigenvalue weighted by atomic mass is 35.5. The number of aromatic amines is 1. The van der Waals surface area contributed by atoms with Crippen LogP contribution in [0.25, 0.3) is 21.7 Å². The molecule has 2 aromatic heterocycles. The van der Waals surface area contributed by atoms with Crippen LogP contribution in [0.4, 0.5) is 11.4 Å². The second-order valence-corrected chi connectivity index (χ2v) is 12.3. The SMILES string of the molecule is Cc1c[nH]c2c(O)cc3c(c12)C(CCl)CN3C(=O)c1ccc(C(=O)N2CC(CCl)c3c2cc(O)c2ccccc32)s1. The van der Waals surface area contributed by atoms with E-state index in [0.29, 0.717) is 51.5 Å². The van der Waals surface area contributed by atoms with Gasteiger partial charge in [0.25, 0.3) is 11.8 Å². The first-order valence-electron chi connectivity index (χ1n) is 13.3. The molecular weight excluding hydrogens is 581 g/mol. The molecule has 0 saturated heterocycles. The molecule has 2 atom stereocenters. The number of rotatable bonds is 4. The molecule has 0 saturated carbocycles. The van der Waals surface area contributed by atoms with Crippen molar-refractivity contribution >= 4 is 79.4 Å². The number of hydrogen-bond acceptors (Lipinski definition) is 5. The molecule has 2 aliphatic heterocycles. The van der Waals surface area contributed by atoms with Gasteiger partial charge < -0.3 is 25.0 Å². The van der Waals surface area contributed by atoms with Crippen molar-refractivity contribution in [2.24, 2.45) is 0 Å².